The molecule has 1 saturated carbocycles. The molecule has 1 aliphatic rings. The Hall–Kier alpha value is -1.66. The Kier molecular flexibility index (Phi) is 5.36. The molecule has 0 bridgehead atoms. The lowest BCUT2D eigenvalue weighted by Crippen LogP contribution is -2.31. The third kappa shape index (κ3) is 4.45. The van der Waals surface area contributed by atoms with E-state index in [1.54, 1.807) is 24.0 Å². The van der Waals surface area contributed by atoms with Gasteiger partial charge in [-0.05, 0) is 24.0 Å². The van der Waals surface area contributed by atoms with E-state index in [2.05, 4.69) is 9.82 Å². The van der Waals surface area contributed by atoms with Gasteiger partial charge in [-0.15, -0.1) is 0 Å². The number of benzene rings is 1. The van der Waals surface area contributed by atoms with E-state index in [0.717, 1.165) is 12.0 Å². The molecule has 5 nitrogen and oxygen atoms in total. The maximum Gasteiger partial charge on any atom is 0.217 e. The third-order valence-electron chi connectivity index (χ3n) is 4.83. The Labute approximate surface area is 144 Å². The van der Waals surface area contributed by atoms with E-state index in [1.165, 1.54) is 25.7 Å². The predicted octanol–water partition coefficient (Wildman–Crippen LogP) is 3.16. The molecular weight excluding hydrogens is 322 g/mol. The van der Waals surface area contributed by atoms with Crippen LogP contribution < -0.4 is 4.72 Å². The highest BCUT2D eigenvalue weighted by Gasteiger charge is 2.25. The summed E-state index contributed by atoms with van der Waals surface area (Å²) in [7, 11) is -1.66. The van der Waals surface area contributed by atoms with Crippen molar-refractivity contribution in [3.05, 3.63) is 53.9 Å². The normalized spacial score (nSPS) is 17.2. The van der Waals surface area contributed by atoms with Crippen LogP contribution in [-0.4, -0.2) is 18.2 Å². The number of aryl methyl sites for hydroxylation is 1. The molecule has 24 heavy (non-hydrogen) atoms. The van der Waals surface area contributed by atoms with Crippen molar-refractivity contribution in [3.8, 4) is 0 Å². The second kappa shape index (κ2) is 7.49. The predicted molar refractivity (Wildman–Crippen MR) is 94.7 cm³/mol. The fraction of sp³-hybridized carbons (Fsp3) is 0.500. The minimum atomic E-state index is -3.43. The van der Waals surface area contributed by atoms with Crippen LogP contribution in [0.25, 0.3) is 0 Å². The number of hydrogen-bond acceptors (Lipinski definition) is 3. The van der Waals surface area contributed by atoms with Crippen LogP contribution in [0.1, 0.15) is 49.4 Å². The lowest BCUT2D eigenvalue weighted by Gasteiger charge is -2.22. The molecule has 1 fully saturated rings. The molecule has 6 heteroatoms. The zero-order valence-corrected chi connectivity index (χ0v) is 14.9. The number of hydrogen-bond donors (Lipinski definition) is 1. The van der Waals surface area contributed by atoms with Gasteiger partial charge in [0.2, 0.25) is 10.0 Å². The SMILES string of the molecule is Cn1nccc1CS(=O)(=O)NC(CC1CCCC1)c1ccccc1. The molecule has 0 radical (unpaired) electrons. The highest BCUT2D eigenvalue weighted by Crippen LogP contribution is 2.33. The van der Waals surface area contributed by atoms with E-state index in [9.17, 15) is 8.42 Å². The highest BCUT2D eigenvalue weighted by molar-refractivity contribution is 7.88. The first kappa shape index (κ1) is 17.2. The highest BCUT2D eigenvalue weighted by atomic mass is 32.2. The molecular formula is C18H25N3O2S. The van der Waals surface area contributed by atoms with Gasteiger partial charge >= 0.3 is 0 Å². The van der Waals surface area contributed by atoms with Gasteiger partial charge in [0, 0.05) is 19.3 Å². The number of aromatic nitrogens is 2. The van der Waals surface area contributed by atoms with E-state index in [4.69, 9.17) is 0 Å². The van der Waals surface area contributed by atoms with Crippen LogP contribution in [0.2, 0.25) is 0 Å². The lowest BCUT2D eigenvalue weighted by molar-refractivity contribution is 0.427. The summed E-state index contributed by atoms with van der Waals surface area (Å²) in [6.45, 7) is 0. The van der Waals surface area contributed by atoms with E-state index in [1.807, 2.05) is 30.3 Å². The topological polar surface area (TPSA) is 64.0 Å². The smallest absolute Gasteiger partial charge is 0.217 e. The summed E-state index contributed by atoms with van der Waals surface area (Å²) >= 11 is 0. The van der Waals surface area contributed by atoms with Crippen LogP contribution in [0.15, 0.2) is 42.6 Å². The average Bonchev–Trinajstić information content (AvgIpc) is 3.20. The van der Waals surface area contributed by atoms with Crippen LogP contribution in [-0.2, 0) is 22.8 Å². The second-order valence-electron chi connectivity index (χ2n) is 6.67. The average molecular weight is 347 g/mol. The number of sulfonamides is 1. The van der Waals surface area contributed by atoms with Gasteiger partial charge in [0.15, 0.2) is 0 Å². The molecule has 0 spiro atoms. The molecule has 1 aliphatic carbocycles. The largest absolute Gasteiger partial charge is 0.272 e. The fourth-order valence-corrected chi connectivity index (χ4v) is 4.93. The molecule has 2 aromatic rings. The maximum atomic E-state index is 12.7. The Morgan fingerprint density at radius 2 is 1.92 bits per heavy atom. The first-order chi connectivity index (χ1) is 11.5. The minimum absolute atomic E-state index is 0.0441. The summed E-state index contributed by atoms with van der Waals surface area (Å²) in [5.74, 6) is 0.562. The zero-order chi connectivity index (χ0) is 17.0. The maximum absolute atomic E-state index is 12.7. The van der Waals surface area contributed by atoms with Crippen molar-refractivity contribution >= 4 is 10.0 Å². The third-order valence-corrected chi connectivity index (χ3v) is 6.15. The van der Waals surface area contributed by atoms with Crippen molar-refractivity contribution in [1.29, 1.82) is 0 Å². The molecule has 1 N–H and O–H groups in total. The molecule has 1 unspecified atom stereocenters. The summed E-state index contributed by atoms with van der Waals surface area (Å²) in [5.41, 5.74) is 1.73. The Morgan fingerprint density at radius 1 is 1.21 bits per heavy atom. The van der Waals surface area contributed by atoms with Gasteiger partial charge in [0.1, 0.15) is 5.75 Å². The van der Waals surface area contributed by atoms with E-state index >= 15 is 0 Å². The number of rotatable bonds is 7. The quantitative estimate of drug-likeness (QED) is 0.837. The fourth-order valence-electron chi connectivity index (χ4n) is 3.51. The Morgan fingerprint density at radius 3 is 2.54 bits per heavy atom. The van der Waals surface area contributed by atoms with Crippen molar-refractivity contribution < 1.29 is 8.42 Å². The molecule has 0 saturated heterocycles. The van der Waals surface area contributed by atoms with E-state index < -0.39 is 10.0 Å². The molecule has 0 aliphatic heterocycles. The van der Waals surface area contributed by atoms with Gasteiger partial charge in [-0.3, -0.25) is 4.68 Å². The van der Waals surface area contributed by atoms with Crippen molar-refractivity contribution in [1.82, 2.24) is 14.5 Å². The number of nitrogens with one attached hydrogen (secondary N) is 1. The second-order valence-corrected chi connectivity index (χ2v) is 8.43. The molecule has 1 aromatic carbocycles. The first-order valence-electron chi connectivity index (χ1n) is 8.55. The van der Waals surface area contributed by atoms with Gasteiger partial charge in [0.25, 0.3) is 0 Å². The van der Waals surface area contributed by atoms with Gasteiger partial charge < -0.3 is 0 Å². The van der Waals surface area contributed by atoms with Crippen molar-refractivity contribution in [2.75, 3.05) is 0 Å². The standard InChI is InChI=1S/C18H25N3O2S/c1-21-17(11-12-19-21)14-24(22,23)20-18(13-15-7-5-6-8-15)16-9-3-2-4-10-16/h2-4,9-12,15,18,20H,5-8,13-14H2,1H3. The molecule has 0 amide bonds. The summed E-state index contributed by atoms with van der Waals surface area (Å²) in [4.78, 5) is 0. The van der Waals surface area contributed by atoms with Crippen molar-refractivity contribution in [3.63, 3.8) is 0 Å². The Balaban J connectivity index is 1.76. The molecule has 1 aromatic heterocycles. The van der Waals surface area contributed by atoms with Gasteiger partial charge in [0.05, 0.1) is 5.69 Å². The molecule has 130 valence electrons. The summed E-state index contributed by atoms with van der Waals surface area (Å²) in [6, 6.07) is 11.5. The van der Waals surface area contributed by atoms with Gasteiger partial charge in [-0.25, -0.2) is 13.1 Å². The van der Waals surface area contributed by atoms with Crippen LogP contribution in [0.5, 0.6) is 0 Å². The minimum Gasteiger partial charge on any atom is -0.272 e. The van der Waals surface area contributed by atoms with Crippen molar-refractivity contribution in [2.24, 2.45) is 13.0 Å². The first-order valence-corrected chi connectivity index (χ1v) is 10.2. The summed E-state index contributed by atoms with van der Waals surface area (Å²) < 4.78 is 29.8. The number of nitrogens with zero attached hydrogens (tertiary/aromatic N) is 2. The molecule has 1 atom stereocenters. The van der Waals surface area contributed by atoms with E-state index in [-0.39, 0.29) is 11.8 Å². The van der Waals surface area contributed by atoms with Gasteiger partial charge in [-0.2, -0.15) is 5.10 Å². The van der Waals surface area contributed by atoms with Crippen LogP contribution >= 0.6 is 0 Å². The Bertz CT molecular complexity index is 750. The van der Waals surface area contributed by atoms with Crippen LogP contribution in [0.4, 0.5) is 0 Å². The van der Waals surface area contributed by atoms with Gasteiger partial charge in [-0.1, -0.05) is 56.0 Å². The lowest BCUT2D eigenvalue weighted by atomic mass is 9.94. The molecule has 3 rings (SSSR count). The monoisotopic (exact) mass is 347 g/mol. The van der Waals surface area contributed by atoms with E-state index in [0.29, 0.717) is 11.6 Å². The summed E-state index contributed by atoms with van der Waals surface area (Å²) in [6.07, 6.45) is 7.41. The van der Waals surface area contributed by atoms with Crippen LogP contribution in [0, 0.1) is 5.92 Å². The van der Waals surface area contributed by atoms with Crippen LogP contribution in [0.3, 0.4) is 0 Å². The summed E-state index contributed by atoms with van der Waals surface area (Å²) in [5, 5.41) is 4.05. The van der Waals surface area contributed by atoms with Crippen molar-refractivity contribution in [2.45, 2.75) is 43.9 Å². The zero-order valence-electron chi connectivity index (χ0n) is 14.1. The molecule has 1 heterocycles.